The molecular formula is C10H13N5OS. The number of carbonyl (C=O) groups excluding carboxylic acids is 1. The molecule has 0 saturated carbocycles. The predicted octanol–water partition coefficient (Wildman–Crippen LogP) is 0.884. The van der Waals surface area contributed by atoms with Gasteiger partial charge in [0.25, 0.3) is 5.91 Å². The molecule has 0 aliphatic rings. The Hall–Kier alpha value is -1.76. The van der Waals surface area contributed by atoms with Crippen LogP contribution >= 0.6 is 11.3 Å². The SMILES string of the molecule is Cc1ncsc1CCN(C)C(=O)c1cn[nH]n1. The van der Waals surface area contributed by atoms with Crippen LogP contribution in [-0.4, -0.2) is 44.8 Å². The summed E-state index contributed by atoms with van der Waals surface area (Å²) in [6.45, 7) is 2.63. The molecule has 0 bridgehead atoms. The number of carbonyl (C=O) groups is 1. The summed E-state index contributed by atoms with van der Waals surface area (Å²) in [5, 5.41) is 9.81. The summed E-state index contributed by atoms with van der Waals surface area (Å²) in [6, 6.07) is 0. The lowest BCUT2D eigenvalue weighted by molar-refractivity contribution is 0.0791. The standard InChI is InChI=1S/C10H13N5OS/c1-7-9(17-6-11-7)3-4-15(2)10(16)8-5-12-14-13-8/h5-6H,3-4H2,1-2H3,(H,12,13,14). The van der Waals surface area contributed by atoms with E-state index in [9.17, 15) is 4.79 Å². The zero-order chi connectivity index (χ0) is 12.3. The lowest BCUT2D eigenvalue weighted by atomic mass is 10.3. The van der Waals surface area contributed by atoms with Crippen LogP contribution in [0.4, 0.5) is 0 Å². The highest BCUT2D eigenvalue weighted by atomic mass is 32.1. The molecule has 1 N–H and O–H groups in total. The quantitative estimate of drug-likeness (QED) is 0.875. The number of rotatable bonds is 4. The number of thiazole rings is 1. The van der Waals surface area contributed by atoms with Crippen molar-refractivity contribution in [1.29, 1.82) is 0 Å². The van der Waals surface area contributed by atoms with E-state index in [1.807, 2.05) is 12.4 Å². The van der Waals surface area contributed by atoms with Gasteiger partial charge in [0, 0.05) is 24.9 Å². The molecule has 2 rings (SSSR count). The minimum atomic E-state index is -0.124. The van der Waals surface area contributed by atoms with Crippen LogP contribution in [0.1, 0.15) is 21.1 Å². The zero-order valence-corrected chi connectivity index (χ0v) is 10.5. The minimum absolute atomic E-state index is 0.124. The number of H-pyrrole nitrogens is 1. The van der Waals surface area contributed by atoms with E-state index < -0.39 is 0 Å². The molecule has 2 heterocycles. The molecule has 0 saturated heterocycles. The van der Waals surface area contributed by atoms with Crippen molar-refractivity contribution < 1.29 is 4.79 Å². The molecule has 0 unspecified atom stereocenters. The number of nitrogens with one attached hydrogen (secondary N) is 1. The Morgan fingerprint density at radius 3 is 3.00 bits per heavy atom. The van der Waals surface area contributed by atoms with E-state index in [1.54, 1.807) is 23.3 Å². The van der Waals surface area contributed by atoms with Crippen molar-refractivity contribution in [3.8, 4) is 0 Å². The number of nitrogens with zero attached hydrogens (tertiary/aromatic N) is 4. The lowest BCUT2D eigenvalue weighted by Gasteiger charge is -2.14. The Morgan fingerprint density at radius 2 is 2.41 bits per heavy atom. The highest BCUT2D eigenvalue weighted by Gasteiger charge is 2.14. The largest absolute Gasteiger partial charge is 0.340 e. The molecule has 2 aromatic rings. The minimum Gasteiger partial charge on any atom is -0.340 e. The fourth-order valence-electron chi connectivity index (χ4n) is 1.44. The maximum absolute atomic E-state index is 11.8. The number of amides is 1. The van der Waals surface area contributed by atoms with E-state index in [2.05, 4.69) is 20.4 Å². The maximum Gasteiger partial charge on any atom is 0.275 e. The molecule has 0 aliphatic carbocycles. The second-order valence-electron chi connectivity index (χ2n) is 3.69. The summed E-state index contributed by atoms with van der Waals surface area (Å²) in [6.07, 6.45) is 2.24. The summed E-state index contributed by atoms with van der Waals surface area (Å²) in [7, 11) is 1.76. The Labute approximate surface area is 103 Å². The van der Waals surface area contributed by atoms with E-state index >= 15 is 0 Å². The molecule has 0 aliphatic heterocycles. The maximum atomic E-state index is 11.8. The van der Waals surface area contributed by atoms with Gasteiger partial charge in [0.15, 0.2) is 5.69 Å². The molecule has 1 amide bonds. The smallest absolute Gasteiger partial charge is 0.275 e. The van der Waals surface area contributed by atoms with E-state index in [0.29, 0.717) is 12.2 Å². The second-order valence-corrected chi connectivity index (χ2v) is 4.63. The Balaban J connectivity index is 1.92. The highest BCUT2D eigenvalue weighted by Crippen LogP contribution is 2.13. The van der Waals surface area contributed by atoms with Gasteiger partial charge in [-0.05, 0) is 6.92 Å². The van der Waals surface area contributed by atoms with Crippen molar-refractivity contribution in [3.05, 3.63) is 28.0 Å². The summed E-state index contributed by atoms with van der Waals surface area (Å²) < 4.78 is 0. The van der Waals surface area contributed by atoms with Crippen LogP contribution in [0.5, 0.6) is 0 Å². The number of hydrogen-bond donors (Lipinski definition) is 1. The fourth-order valence-corrected chi connectivity index (χ4v) is 2.21. The molecular weight excluding hydrogens is 238 g/mol. The van der Waals surface area contributed by atoms with Gasteiger partial charge in [-0.1, -0.05) is 0 Å². The van der Waals surface area contributed by atoms with Crippen molar-refractivity contribution in [2.45, 2.75) is 13.3 Å². The van der Waals surface area contributed by atoms with Gasteiger partial charge in [0.1, 0.15) is 0 Å². The molecule has 0 atom stereocenters. The van der Waals surface area contributed by atoms with Gasteiger partial charge in [-0.15, -0.1) is 11.3 Å². The van der Waals surface area contributed by atoms with Crippen molar-refractivity contribution in [2.24, 2.45) is 0 Å². The monoisotopic (exact) mass is 251 g/mol. The van der Waals surface area contributed by atoms with Crippen molar-refractivity contribution >= 4 is 17.2 Å². The summed E-state index contributed by atoms with van der Waals surface area (Å²) in [4.78, 5) is 18.9. The Bertz CT molecular complexity index is 493. The van der Waals surface area contributed by atoms with E-state index in [0.717, 1.165) is 12.1 Å². The third kappa shape index (κ3) is 2.68. The number of hydrogen-bond acceptors (Lipinski definition) is 5. The molecule has 7 heteroatoms. The van der Waals surface area contributed by atoms with Crippen molar-refractivity contribution in [1.82, 2.24) is 25.3 Å². The van der Waals surface area contributed by atoms with Crippen LogP contribution in [0.15, 0.2) is 11.7 Å². The van der Waals surface area contributed by atoms with Crippen molar-refractivity contribution in [3.63, 3.8) is 0 Å². The predicted molar refractivity (Wildman–Crippen MR) is 63.9 cm³/mol. The molecule has 6 nitrogen and oxygen atoms in total. The van der Waals surface area contributed by atoms with Gasteiger partial charge in [-0.25, -0.2) is 4.98 Å². The normalized spacial score (nSPS) is 10.5. The van der Waals surface area contributed by atoms with Crippen LogP contribution in [0, 0.1) is 6.92 Å². The average Bonchev–Trinajstić information content (AvgIpc) is 2.96. The number of aromatic amines is 1. The first kappa shape index (κ1) is 11.7. The molecule has 17 heavy (non-hydrogen) atoms. The summed E-state index contributed by atoms with van der Waals surface area (Å²) in [5.41, 5.74) is 3.20. The molecule has 0 fully saturated rings. The van der Waals surface area contributed by atoms with Gasteiger partial charge in [0.05, 0.1) is 17.4 Å². The van der Waals surface area contributed by atoms with E-state index in [1.165, 1.54) is 11.1 Å². The summed E-state index contributed by atoms with van der Waals surface area (Å²) in [5.74, 6) is -0.124. The number of aromatic nitrogens is 4. The fraction of sp³-hybridized carbons (Fsp3) is 0.400. The van der Waals surface area contributed by atoms with Crippen LogP contribution in [0.2, 0.25) is 0 Å². The lowest BCUT2D eigenvalue weighted by Crippen LogP contribution is -2.29. The third-order valence-corrected chi connectivity index (χ3v) is 3.49. The summed E-state index contributed by atoms with van der Waals surface area (Å²) >= 11 is 1.62. The number of aryl methyl sites for hydroxylation is 1. The Morgan fingerprint density at radius 1 is 1.59 bits per heavy atom. The van der Waals surface area contributed by atoms with Crippen LogP contribution in [-0.2, 0) is 6.42 Å². The van der Waals surface area contributed by atoms with Gasteiger partial charge in [-0.3, -0.25) is 4.79 Å². The Kier molecular flexibility index (Phi) is 3.48. The third-order valence-electron chi connectivity index (χ3n) is 2.50. The average molecular weight is 251 g/mol. The molecule has 90 valence electrons. The topological polar surface area (TPSA) is 74.8 Å². The first-order valence-corrected chi connectivity index (χ1v) is 6.06. The molecule has 2 aromatic heterocycles. The second kappa shape index (κ2) is 5.05. The molecule has 0 aromatic carbocycles. The number of likely N-dealkylation sites (N-methyl/N-ethyl adjacent to an activating group) is 1. The van der Waals surface area contributed by atoms with Gasteiger partial charge in [-0.2, -0.15) is 15.4 Å². The van der Waals surface area contributed by atoms with Crippen LogP contribution in [0.25, 0.3) is 0 Å². The molecule has 0 spiro atoms. The van der Waals surface area contributed by atoms with Gasteiger partial charge >= 0.3 is 0 Å². The highest BCUT2D eigenvalue weighted by molar-refractivity contribution is 7.09. The van der Waals surface area contributed by atoms with Crippen molar-refractivity contribution in [2.75, 3.05) is 13.6 Å². The zero-order valence-electron chi connectivity index (χ0n) is 9.67. The van der Waals surface area contributed by atoms with E-state index in [-0.39, 0.29) is 5.91 Å². The van der Waals surface area contributed by atoms with Crippen LogP contribution in [0.3, 0.4) is 0 Å². The van der Waals surface area contributed by atoms with Gasteiger partial charge < -0.3 is 4.90 Å². The molecule has 0 radical (unpaired) electrons. The first-order chi connectivity index (χ1) is 8.18. The van der Waals surface area contributed by atoms with Gasteiger partial charge in [0.2, 0.25) is 0 Å². The first-order valence-electron chi connectivity index (χ1n) is 5.18. The van der Waals surface area contributed by atoms with E-state index in [4.69, 9.17) is 0 Å². The van der Waals surface area contributed by atoms with Crippen LogP contribution < -0.4 is 0 Å².